The number of aryl methyl sites for hydroxylation is 1. The first-order valence-corrected chi connectivity index (χ1v) is 7.64. The van der Waals surface area contributed by atoms with Crippen LogP contribution in [0.1, 0.15) is 43.1 Å². The van der Waals surface area contributed by atoms with Gasteiger partial charge in [0.05, 0.1) is 11.6 Å². The summed E-state index contributed by atoms with van der Waals surface area (Å²) in [5.41, 5.74) is 0.384. The molecular formula is C17H23NO5. The van der Waals surface area contributed by atoms with Gasteiger partial charge in [0.15, 0.2) is 0 Å². The molecule has 1 N–H and O–H groups in total. The van der Waals surface area contributed by atoms with Crippen molar-refractivity contribution in [1.29, 1.82) is 0 Å². The number of benzene rings is 1. The minimum Gasteiger partial charge on any atom is -0.491 e. The first-order valence-electron chi connectivity index (χ1n) is 7.64. The van der Waals surface area contributed by atoms with Gasteiger partial charge in [0, 0.05) is 6.54 Å². The lowest BCUT2D eigenvalue weighted by Crippen LogP contribution is -2.55. The van der Waals surface area contributed by atoms with Crippen LogP contribution in [-0.2, 0) is 4.74 Å². The molecule has 2 rings (SSSR count). The molecule has 0 unspecified atom stereocenters. The zero-order chi connectivity index (χ0) is 17.2. The van der Waals surface area contributed by atoms with Crippen molar-refractivity contribution in [3.05, 3.63) is 29.3 Å². The van der Waals surface area contributed by atoms with E-state index in [1.54, 1.807) is 24.0 Å². The summed E-state index contributed by atoms with van der Waals surface area (Å²) >= 11 is 0. The predicted molar refractivity (Wildman–Crippen MR) is 85.0 cm³/mol. The first-order chi connectivity index (χ1) is 10.7. The van der Waals surface area contributed by atoms with Crippen LogP contribution in [0, 0.1) is 6.92 Å². The molecule has 0 bridgehead atoms. The number of nitrogens with zero attached hydrogens (tertiary/aromatic N) is 1. The smallest absolute Gasteiger partial charge is 0.410 e. The first kappa shape index (κ1) is 17.1. The van der Waals surface area contributed by atoms with Gasteiger partial charge in [0.2, 0.25) is 0 Å². The Kier molecular flexibility index (Phi) is 4.82. The maximum atomic E-state index is 12.0. The Morgan fingerprint density at radius 2 is 2.04 bits per heavy atom. The summed E-state index contributed by atoms with van der Waals surface area (Å²) in [7, 11) is 0. The molecule has 1 aliphatic rings. The van der Waals surface area contributed by atoms with Crippen molar-refractivity contribution in [2.45, 2.75) is 45.8 Å². The van der Waals surface area contributed by atoms with E-state index in [1.807, 2.05) is 20.8 Å². The number of ether oxygens (including phenoxy) is 2. The maximum absolute atomic E-state index is 12.0. The maximum Gasteiger partial charge on any atom is 0.410 e. The van der Waals surface area contributed by atoms with Crippen LogP contribution in [0.5, 0.6) is 5.75 Å². The van der Waals surface area contributed by atoms with E-state index < -0.39 is 11.6 Å². The van der Waals surface area contributed by atoms with Crippen LogP contribution in [0.25, 0.3) is 0 Å². The molecule has 0 radical (unpaired) electrons. The van der Waals surface area contributed by atoms with Gasteiger partial charge in [-0.25, -0.2) is 9.59 Å². The third-order valence-corrected chi connectivity index (χ3v) is 3.65. The number of carboxylic acid groups (broad SMARTS) is 1. The molecule has 1 aromatic rings. The average molecular weight is 321 g/mol. The molecule has 1 atom stereocenters. The van der Waals surface area contributed by atoms with E-state index >= 15 is 0 Å². The Bertz CT molecular complexity index is 605. The highest BCUT2D eigenvalue weighted by Crippen LogP contribution is 2.23. The van der Waals surface area contributed by atoms with Crippen LogP contribution >= 0.6 is 0 Å². The second kappa shape index (κ2) is 6.48. The molecule has 23 heavy (non-hydrogen) atoms. The van der Waals surface area contributed by atoms with E-state index in [9.17, 15) is 9.59 Å². The Hall–Kier alpha value is -2.24. The van der Waals surface area contributed by atoms with E-state index in [-0.39, 0.29) is 17.7 Å². The molecule has 6 nitrogen and oxygen atoms in total. The molecule has 0 aromatic heterocycles. The lowest BCUT2D eigenvalue weighted by atomic mass is 10.1. The number of rotatable bonds is 4. The molecule has 1 aliphatic heterocycles. The van der Waals surface area contributed by atoms with Gasteiger partial charge in [-0.1, -0.05) is 6.07 Å². The molecule has 126 valence electrons. The SMILES string of the molecule is Cc1ccc(OC[C@H]2CCN2C(=O)OC(C)(C)C)cc1C(=O)O. The van der Waals surface area contributed by atoms with Crippen molar-refractivity contribution in [1.82, 2.24) is 4.90 Å². The van der Waals surface area contributed by atoms with Gasteiger partial charge in [-0.3, -0.25) is 0 Å². The van der Waals surface area contributed by atoms with Crippen LogP contribution in [0.4, 0.5) is 4.79 Å². The molecule has 6 heteroatoms. The Morgan fingerprint density at radius 1 is 1.35 bits per heavy atom. The monoisotopic (exact) mass is 321 g/mol. The predicted octanol–water partition coefficient (Wildman–Crippen LogP) is 3.08. The van der Waals surface area contributed by atoms with Gasteiger partial charge in [-0.2, -0.15) is 0 Å². The number of carbonyl (C=O) groups excluding carboxylic acids is 1. The van der Waals surface area contributed by atoms with Crippen molar-refractivity contribution in [2.75, 3.05) is 13.2 Å². The number of carbonyl (C=O) groups is 2. The number of hydrogen-bond acceptors (Lipinski definition) is 4. The van der Waals surface area contributed by atoms with E-state index in [4.69, 9.17) is 14.6 Å². The van der Waals surface area contributed by atoms with Gasteiger partial charge in [-0.05, 0) is 51.8 Å². The quantitative estimate of drug-likeness (QED) is 0.922. The van der Waals surface area contributed by atoms with Gasteiger partial charge in [-0.15, -0.1) is 0 Å². The van der Waals surface area contributed by atoms with Crippen LogP contribution in [0.15, 0.2) is 18.2 Å². The second-order valence-electron chi connectivity index (χ2n) is 6.71. The average Bonchev–Trinajstić information content (AvgIpc) is 2.36. The fraction of sp³-hybridized carbons (Fsp3) is 0.529. The van der Waals surface area contributed by atoms with Crippen LogP contribution in [0.2, 0.25) is 0 Å². The summed E-state index contributed by atoms with van der Waals surface area (Å²) in [5, 5.41) is 9.12. The molecule has 0 saturated carbocycles. The van der Waals surface area contributed by atoms with Crippen LogP contribution in [0.3, 0.4) is 0 Å². The number of aromatic carboxylic acids is 1. The molecule has 1 saturated heterocycles. The van der Waals surface area contributed by atoms with E-state index in [0.717, 1.165) is 6.42 Å². The fourth-order valence-corrected chi connectivity index (χ4v) is 2.29. The van der Waals surface area contributed by atoms with Crippen molar-refractivity contribution in [3.8, 4) is 5.75 Å². The lowest BCUT2D eigenvalue weighted by molar-refractivity contribution is -0.0141. The number of likely N-dealkylation sites (tertiary alicyclic amines) is 1. The molecule has 1 fully saturated rings. The third kappa shape index (κ3) is 4.37. The summed E-state index contributed by atoms with van der Waals surface area (Å²) in [6.45, 7) is 8.20. The summed E-state index contributed by atoms with van der Waals surface area (Å²) in [5.74, 6) is -0.490. The zero-order valence-corrected chi connectivity index (χ0v) is 14.0. The Labute approximate surface area is 136 Å². The number of hydrogen-bond donors (Lipinski definition) is 1. The standard InChI is InChI=1S/C17H23NO5/c1-11-5-6-13(9-14(11)15(19)20)22-10-12-7-8-18(12)16(21)23-17(2,3)4/h5-6,9,12H,7-8,10H2,1-4H3,(H,19,20)/t12-/m1/s1. The third-order valence-electron chi connectivity index (χ3n) is 3.65. The summed E-state index contributed by atoms with van der Waals surface area (Å²) in [6.07, 6.45) is 0.504. The molecule has 0 spiro atoms. The minimum atomic E-state index is -0.980. The highest BCUT2D eigenvalue weighted by atomic mass is 16.6. The Morgan fingerprint density at radius 3 is 2.57 bits per heavy atom. The molecule has 1 amide bonds. The minimum absolute atomic E-state index is 0.0422. The lowest BCUT2D eigenvalue weighted by Gasteiger charge is -2.41. The van der Waals surface area contributed by atoms with E-state index in [0.29, 0.717) is 24.5 Å². The zero-order valence-electron chi connectivity index (χ0n) is 14.0. The normalized spacial score (nSPS) is 17.4. The van der Waals surface area contributed by atoms with Crippen LogP contribution < -0.4 is 4.74 Å². The summed E-state index contributed by atoms with van der Waals surface area (Å²) in [4.78, 5) is 24.8. The Balaban J connectivity index is 1.93. The second-order valence-corrected chi connectivity index (χ2v) is 6.71. The van der Waals surface area contributed by atoms with Gasteiger partial charge in [0.25, 0.3) is 0 Å². The molecule has 1 aromatic carbocycles. The van der Waals surface area contributed by atoms with Crippen molar-refractivity contribution < 1.29 is 24.2 Å². The van der Waals surface area contributed by atoms with Gasteiger partial charge < -0.3 is 19.5 Å². The summed E-state index contributed by atoms with van der Waals surface area (Å²) < 4.78 is 11.0. The van der Waals surface area contributed by atoms with Crippen LogP contribution in [-0.4, -0.2) is 46.9 Å². The van der Waals surface area contributed by atoms with Crippen molar-refractivity contribution in [3.63, 3.8) is 0 Å². The van der Waals surface area contributed by atoms with Crippen molar-refractivity contribution in [2.24, 2.45) is 0 Å². The van der Waals surface area contributed by atoms with Gasteiger partial charge in [0.1, 0.15) is 18.0 Å². The molecule has 1 heterocycles. The van der Waals surface area contributed by atoms with E-state index in [1.165, 1.54) is 6.07 Å². The number of amides is 1. The highest BCUT2D eigenvalue weighted by Gasteiger charge is 2.35. The fourth-order valence-electron chi connectivity index (χ4n) is 2.29. The number of carboxylic acids is 1. The topological polar surface area (TPSA) is 76.1 Å². The largest absolute Gasteiger partial charge is 0.491 e. The van der Waals surface area contributed by atoms with E-state index in [2.05, 4.69) is 0 Å². The van der Waals surface area contributed by atoms with Gasteiger partial charge >= 0.3 is 12.1 Å². The molecule has 0 aliphatic carbocycles. The summed E-state index contributed by atoms with van der Waals surface area (Å²) in [6, 6.07) is 4.91. The van der Waals surface area contributed by atoms with Crippen molar-refractivity contribution >= 4 is 12.1 Å². The molecular weight excluding hydrogens is 298 g/mol. The highest BCUT2D eigenvalue weighted by molar-refractivity contribution is 5.89.